The minimum atomic E-state index is -0.990. The molecule has 1 aliphatic rings. The molecule has 1 unspecified atom stereocenters. The summed E-state index contributed by atoms with van der Waals surface area (Å²) in [6.45, 7) is 2.19. The summed E-state index contributed by atoms with van der Waals surface area (Å²) in [5, 5.41) is 12.1. The maximum atomic E-state index is 12.8. The van der Waals surface area contributed by atoms with Gasteiger partial charge in [0, 0.05) is 17.8 Å². The van der Waals surface area contributed by atoms with Crippen molar-refractivity contribution in [2.45, 2.75) is 32.2 Å². The molecule has 2 aromatic rings. The molecule has 7 nitrogen and oxygen atoms in total. The highest BCUT2D eigenvalue weighted by Crippen LogP contribution is 2.21. The third-order valence-electron chi connectivity index (χ3n) is 4.80. The molecule has 1 aliphatic heterocycles. The van der Waals surface area contributed by atoms with E-state index in [0.29, 0.717) is 30.0 Å². The van der Waals surface area contributed by atoms with Crippen molar-refractivity contribution >= 4 is 23.5 Å². The van der Waals surface area contributed by atoms with Crippen LogP contribution >= 0.6 is 0 Å². The van der Waals surface area contributed by atoms with E-state index in [1.807, 2.05) is 25.1 Å². The van der Waals surface area contributed by atoms with Gasteiger partial charge in [0.15, 0.2) is 6.61 Å². The van der Waals surface area contributed by atoms with Gasteiger partial charge < -0.3 is 20.1 Å². The summed E-state index contributed by atoms with van der Waals surface area (Å²) in [5.74, 6) is -1.08. The molecule has 1 atom stereocenters. The fraction of sp³-hybridized carbons (Fsp3) is 0.318. The molecule has 0 aromatic heterocycles. The first-order valence-corrected chi connectivity index (χ1v) is 9.57. The van der Waals surface area contributed by atoms with Crippen molar-refractivity contribution < 1.29 is 24.2 Å². The molecule has 2 amide bonds. The van der Waals surface area contributed by atoms with Crippen LogP contribution in [0, 0.1) is 6.92 Å². The van der Waals surface area contributed by atoms with Crippen LogP contribution in [0.2, 0.25) is 0 Å². The van der Waals surface area contributed by atoms with Gasteiger partial charge in [0.1, 0.15) is 11.8 Å². The highest BCUT2D eigenvalue weighted by Gasteiger charge is 2.32. The zero-order chi connectivity index (χ0) is 20.8. The fourth-order valence-electron chi connectivity index (χ4n) is 3.38. The van der Waals surface area contributed by atoms with Gasteiger partial charge >= 0.3 is 5.97 Å². The van der Waals surface area contributed by atoms with Crippen LogP contribution < -0.4 is 10.1 Å². The van der Waals surface area contributed by atoms with E-state index in [4.69, 9.17) is 4.74 Å². The molecule has 0 saturated carbocycles. The van der Waals surface area contributed by atoms with Gasteiger partial charge in [0.25, 0.3) is 11.8 Å². The second kappa shape index (κ2) is 9.23. The first kappa shape index (κ1) is 20.4. The predicted molar refractivity (Wildman–Crippen MR) is 108 cm³/mol. The lowest BCUT2D eigenvalue weighted by molar-refractivity contribution is -0.143. The number of piperidine rings is 1. The maximum absolute atomic E-state index is 12.8. The van der Waals surface area contributed by atoms with E-state index in [-0.39, 0.29) is 18.4 Å². The molecular weight excluding hydrogens is 372 g/mol. The summed E-state index contributed by atoms with van der Waals surface area (Å²) in [7, 11) is 0. The van der Waals surface area contributed by atoms with Gasteiger partial charge in [0.05, 0.1) is 0 Å². The van der Waals surface area contributed by atoms with E-state index in [0.717, 1.165) is 18.4 Å². The number of nitrogens with one attached hydrogen (secondary N) is 1. The number of carbonyl (C=O) groups excluding carboxylic acids is 2. The van der Waals surface area contributed by atoms with Crippen LogP contribution in [0.15, 0.2) is 48.5 Å². The van der Waals surface area contributed by atoms with Crippen LogP contribution in [0.3, 0.4) is 0 Å². The number of carboxylic acid groups (broad SMARTS) is 1. The molecular formula is C22H24N2O5. The van der Waals surface area contributed by atoms with Crippen LogP contribution in [-0.4, -0.2) is 47.0 Å². The number of nitrogens with zero attached hydrogens (tertiary/aromatic N) is 1. The summed E-state index contributed by atoms with van der Waals surface area (Å²) in [6, 6.07) is 13.1. The first-order valence-electron chi connectivity index (χ1n) is 9.57. The van der Waals surface area contributed by atoms with Crippen molar-refractivity contribution in [2.75, 3.05) is 18.5 Å². The van der Waals surface area contributed by atoms with Crippen molar-refractivity contribution in [2.24, 2.45) is 0 Å². The number of carboxylic acids is 1. The molecule has 1 heterocycles. The van der Waals surface area contributed by atoms with Crippen molar-refractivity contribution in [1.29, 1.82) is 0 Å². The third-order valence-corrected chi connectivity index (χ3v) is 4.80. The van der Waals surface area contributed by atoms with Crippen molar-refractivity contribution in [3.05, 3.63) is 59.7 Å². The molecule has 0 spiro atoms. The number of anilines is 1. The summed E-state index contributed by atoms with van der Waals surface area (Å²) in [4.78, 5) is 37.9. The highest BCUT2D eigenvalue weighted by atomic mass is 16.5. The number of aryl methyl sites for hydroxylation is 1. The Kier molecular flexibility index (Phi) is 6.49. The normalized spacial score (nSPS) is 16.2. The number of hydrogen-bond acceptors (Lipinski definition) is 4. The van der Waals surface area contributed by atoms with E-state index in [1.165, 1.54) is 4.90 Å². The van der Waals surface area contributed by atoms with E-state index < -0.39 is 12.0 Å². The van der Waals surface area contributed by atoms with E-state index >= 15 is 0 Å². The highest BCUT2D eigenvalue weighted by molar-refractivity contribution is 5.99. The van der Waals surface area contributed by atoms with Gasteiger partial charge in [-0.2, -0.15) is 0 Å². The number of hydrogen-bond donors (Lipinski definition) is 2. The molecule has 0 radical (unpaired) electrons. The monoisotopic (exact) mass is 396 g/mol. The number of ether oxygens (including phenoxy) is 1. The first-order chi connectivity index (χ1) is 13.9. The second-order valence-corrected chi connectivity index (χ2v) is 7.08. The molecule has 29 heavy (non-hydrogen) atoms. The van der Waals surface area contributed by atoms with Crippen LogP contribution in [0.1, 0.15) is 35.2 Å². The van der Waals surface area contributed by atoms with Crippen LogP contribution in [0.5, 0.6) is 5.75 Å². The van der Waals surface area contributed by atoms with Gasteiger partial charge in [-0.05, 0) is 62.1 Å². The lowest BCUT2D eigenvalue weighted by Crippen LogP contribution is -2.48. The Morgan fingerprint density at radius 1 is 1.14 bits per heavy atom. The molecule has 0 aliphatic carbocycles. The number of carbonyl (C=O) groups is 3. The zero-order valence-corrected chi connectivity index (χ0v) is 16.3. The number of aliphatic carboxylic acids is 1. The lowest BCUT2D eigenvalue weighted by atomic mass is 10.0. The van der Waals surface area contributed by atoms with Crippen LogP contribution in [-0.2, 0) is 9.59 Å². The van der Waals surface area contributed by atoms with Crippen molar-refractivity contribution in [3.63, 3.8) is 0 Å². The maximum Gasteiger partial charge on any atom is 0.326 e. The lowest BCUT2D eigenvalue weighted by Gasteiger charge is -2.33. The van der Waals surface area contributed by atoms with Crippen molar-refractivity contribution in [1.82, 2.24) is 4.90 Å². The van der Waals surface area contributed by atoms with E-state index in [2.05, 4.69) is 5.32 Å². The van der Waals surface area contributed by atoms with Gasteiger partial charge in [-0.15, -0.1) is 0 Å². The molecule has 152 valence electrons. The molecule has 3 rings (SSSR count). The van der Waals surface area contributed by atoms with Gasteiger partial charge in [-0.3, -0.25) is 9.59 Å². The minimum Gasteiger partial charge on any atom is -0.484 e. The molecule has 2 N–H and O–H groups in total. The molecule has 0 bridgehead atoms. The summed E-state index contributed by atoms with van der Waals surface area (Å²) >= 11 is 0. The van der Waals surface area contributed by atoms with E-state index in [9.17, 15) is 19.5 Å². The fourth-order valence-corrected chi connectivity index (χ4v) is 3.38. The van der Waals surface area contributed by atoms with Gasteiger partial charge in [0.2, 0.25) is 0 Å². The predicted octanol–water partition coefficient (Wildman–Crippen LogP) is 3.09. The Labute approximate surface area is 169 Å². The smallest absolute Gasteiger partial charge is 0.326 e. The Morgan fingerprint density at radius 3 is 2.69 bits per heavy atom. The van der Waals surface area contributed by atoms with E-state index in [1.54, 1.807) is 30.3 Å². The minimum absolute atomic E-state index is 0.158. The number of rotatable bonds is 6. The average molecular weight is 396 g/mol. The number of benzene rings is 2. The molecule has 1 fully saturated rings. The molecule has 1 saturated heterocycles. The summed E-state index contributed by atoms with van der Waals surface area (Å²) in [6.07, 6.45) is 2.02. The van der Waals surface area contributed by atoms with Gasteiger partial charge in [-0.25, -0.2) is 4.79 Å². The Balaban J connectivity index is 1.63. The third kappa shape index (κ3) is 5.34. The van der Waals surface area contributed by atoms with Crippen LogP contribution in [0.4, 0.5) is 5.69 Å². The van der Waals surface area contributed by atoms with Gasteiger partial charge in [-0.1, -0.05) is 18.2 Å². The average Bonchev–Trinajstić information content (AvgIpc) is 2.72. The largest absolute Gasteiger partial charge is 0.484 e. The SMILES string of the molecule is Cc1cccc(OCC(=O)Nc2cccc(C(=O)N3CCCCC3C(=O)O)c2)c1. The Hall–Kier alpha value is -3.35. The van der Waals surface area contributed by atoms with Crippen molar-refractivity contribution in [3.8, 4) is 5.75 Å². The summed E-state index contributed by atoms with van der Waals surface area (Å²) in [5.41, 5.74) is 1.83. The standard InChI is InChI=1S/C22H24N2O5/c1-15-6-4-9-18(12-15)29-14-20(25)23-17-8-5-7-16(13-17)21(26)24-11-3-2-10-19(24)22(27)28/h4-9,12-13,19H,2-3,10-11,14H2,1H3,(H,23,25)(H,27,28). The van der Waals surface area contributed by atoms with Crippen LogP contribution in [0.25, 0.3) is 0 Å². The number of amides is 2. The second-order valence-electron chi connectivity index (χ2n) is 7.08. The zero-order valence-electron chi connectivity index (χ0n) is 16.3. The molecule has 2 aromatic carbocycles. The Morgan fingerprint density at radius 2 is 1.93 bits per heavy atom. The topological polar surface area (TPSA) is 95.9 Å². The summed E-state index contributed by atoms with van der Waals surface area (Å²) < 4.78 is 5.48. The molecule has 7 heteroatoms. The Bertz CT molecular complexity index is 912. The number of likely N-dealkylation sites (tertiary alicyclic amines) is 1. The quantitative estimate of drug-likeness (QED) is 0.782.